The molecule has 0 aliphatic heterocycles. The Labute approximate surface area is 161 Å². The van der Waals surface area contributed by atoms with Gasteiger partial charge in [0.1, 0.15) is 6.54 Å². The molecule has 3 aromatic rings. The number of nitrogens with one attached hydrogen (secondary N) is 2. The van der Waals surface area contributed by atoms with Crippen LogP contribution in [0.15, 0.2) is 66.7 Å². The number of fused-ring (bicyclic) bond motifs is 1. The van der Waals surface area contributed by atoms with Crippen LogP contribution in [0.5, 0.6) is 0 Å². The van der Waals surface area contributed by atoms with Crippen LogP contribution in [0.4, 0.5) is 11.4 Å². The molecule has 4 heteroatoms. The summed E-state index contributed by atoms with van der Waals surface area (Å²) >= 11 is 0. The first-order valence-corrected chi connectivity index (χ1v) is 9.43. The lowest BCUT2D eigenvalue weighted by atomic mass is 10.1. The first kappa shape index (κ1) is 18.9. The van der Waals surface area contributed by atoms with E-state index in [0.717, 1.165) is 24.2 Å². The molecule has 0 aliphatic rings. The fourth-order valence-corrected chi connectivity index (χ4v) is 3.21. The molecule has 1 amide bonds. The quantitative estimate of drug-likeness (QED) is 0.678. The van der Waals surface area contributed by atoms with Gasteiger partial charge in [0.15, 0.2) is 6.54 Å². The molecule has 2 N–H and O–H groups in total. The maximum Gasteiger partial charge on any atom is 0.279 e. The predicted octanol–water partition coefficient (Wildman–Crippen LogP) is 2.95. The van der Waals surface area contributed by atoms with Crippen LogP contribution in [0, 0.1) is 0 Å². The first-order valence-electron chi connectivity index (χ1n) is 9.43. The first-order chi connectivity index (χ1) is 13.0. The Hall–Kier alpha value is -2.85. The molecule has 0 fully saturated rings. The van der Waals surface area contributed by atoms with Gasteiger partial charge >= 0.3 is 0 Å². The van der Waals surface area contributed by atoms with E-state index >= 15 is 0 Å². The van der Waals surface area contributed by atoms with Gasteiger partial charge in [-0.25, -0.2) is 0 Å². The summed E-state index contributed by atoms with van der Waals surface area (Å²) in [6.07, 6.45) is 0. The van der Waals surface area contributed by atoms with E-state index in [-0.39, 0.29) is 5.91 Å². The summed E-state index contributed by atoms with van der Waals surface area (Å²) in [5.74, 6) is 0.0482. The molecule has 0 bridgehead atoms. The summed E-state index contributed by atoms with van der Waals surface area (Å²) in [6.45, 7) is 4.32. The summed E-state index contributed by atoms with van der Waals surface area (Å²) in [5.41, 5.74) is 3.28. The maximum atomic E-state index is 12.5. The van der Waals surface area contributed by atoms with Crippen molar-refractivity contribution in [1.29, 1.82) is 0 Å². The maximum absolute atomic E-state index is 12.5. The highest BCUT2D eigenvalue weighted by atomic mass is 16.2. The molecule has 4 nitrogen and oxygen atoms in total. The van der Waals surface area contributed by atoms with E-state index in [4.69, 9.17) is 0 Å². The Balaban J connectivity index is 1.60. The minimum atomic E-state index is 0.0482. The van der Waals surface area contributed by atoms with Gasteiger partial charge in [-0.3, -0.25) is 4.79 Å². The number of benzene rings is 3. The Morgan fingerprint density at radius 1 is 0.963 bits per heavy atom. The molecule has 3 rings (SSSR count). The monoisotopic (exact) mass is 362 g/mol. The third-order valence-electron chi connectivity index (χ3n) is 4.85. The zero-order valence-electron chi connectivity index (χ0n) is 16.3. The second-order valence-electron chi connectivity index (χ2n) is 7.13. The number of amides is 1. The number of likely N-dealkylation sites (N-methyl/N-ethyl adjacent to an activating group) is 1. The summed E-state index contributed by atoms with van der Waals surface area (Å²) in [7, 11) is 4.07. The Kier molecular flexibility index (Phi) is 6.09. The van der Waals surface area contributed by atoms with Gasteiger partial charge in [-0.05, 0) is 42.0 Å². The topological polar surface area (TPSA) is 36.8 Å². The molecule has 1 atom stereocenters. The van der Waals surface area contributed by atoms with E-state index in [1.807, 2.05) is 44.4 Å². The molecule has 0 spiro atoms. The molecule has 1 unspecified atom stereocenters. The van der Waals surface area contributed by atoms with E-state index in [0.29, 0.717) is 6.54 Å². The number of carbonyl (C=O) groups is 1. The van der Waals surface area contributed by atoms with Gasteiger partial charge in [-0.15, -0.1) is 0 Å². The molecule has 0 aliphatic carbocycles. The molecule has 27 heavy (non-hydrogen) atoms. The van der Waals surface area contributed by atoms with Gasteiger partial charge in [0, 0.05) is 31.0 Å². The van der Waals surface area contributed by atoms with E-state index in [1.54, 1.807) is 0 Å². The van der Waals surface area contributed by atoms with Gasteiger partial charge in [-0.2, -0.15) is 0 Å². The number of nitrogens with zero attached hydrogens (tertiary/aromatic N) is 1. The SMILES string of the molecule is CC[NH+](CC(=O)Nc1ccc2ccccc2c1)Cc1ccc(N(C)C)cc1. The highest BCUT2D eigenvalue weighted by Crippen LogP contribution is 2.18. The van der Waals surface area contributed by atoms with E-state index in [1.165, 1.54) is 21.5 Å². The van der Waals surface area contributed by atoms with Crippen molar-refractivity contribution < 1.29 is 9.69 Å². The highest BCUT2D eigenvalue weighted by molar-refractivity contribution is 5.94. The van der Waals surface area contributed by atoms with Crippen LogP contribution >= 0.6 is 0 Å². The molecular weight excluding hydrogens is 334 g/mol. The van der Waals surface area contributed by atoms with Crippen LogP contribution in [0.1, 0.15) is 12.5 Å². The van der Waals surface area contributed by atoms with Crippen molar-refractivity contribution in [2.24, 2.45) is 0 Å². The van der Waals surface area contributed by atoms with Crippen LogP contribution in [-0.4, -0.2) is 33.1 Å². The fourth-order valence-electron chi connectivity index (χ4n) is 3.21. The van der Waals surface area contributed by atoms with Crippen molar-refractivity contribution in [3.05, 3.63) is 72.3 Å². The molecule has 0 saturated carbocycles. The molecule has 0 radical (unpaired) electrons. The fraction of sp³-hybridized carbons (Fsp3) is 0.261. The second kappa shape index (κ2) is 8.69. The third kappa shape index (κ3) is 5.08. The second-order valence-corrected chi connectivity index (χ2v) is 7.13. The van der Waals surface area contributed by atoms with Crippen LogP contribution < -0.4 is 15.1 Å². The summed E-state index contributed by atoms with van der Waals surface area (Å²) in [4.78, 5) is 15.8. The lowest BCUT2D eigenvalue weighted by Gasteiger charge is -2.18. The molecule has 0 aromatic heterocycles. The zero-order chi connectivity index (χ0) is 19.2. The molecular formula is C23H28N3O+. The standard InChI is InChI=1S/C23H27N3O/c1-4-26(16-18-9-13-22(14-10-18)25(2)3)17-23(27)24-21-12-11-19-7-5-6-8-20(19)15-21/h5-15H,4,16-17H2,1-3H3,(H,24,27)/p+1. The highest BCUT2D eigenvalue weighted by Gasteiger charge is 2.14. The van der Waals surface area contributed by atoms with Gasteiger partial charge in [0.25, 0.3) is 5.91 Å². The minimum Gasteiger partial charge on any atom is -0.378 e. The predicted molar refractivity (Wildman–Crippen MR) is 113 cm³/mol. The number of hydrogen-bond acceptors (Lipinski definition) is 2. The largest absolute Gasteiger partial charge is 0.378 e. The number of quaternary nitrogens is 1. The number of anilines is 2. The van der Waals surface area contributed by atoms with E-state index in [2.05, 4.69) is 53.5 Å². The Morgan fingerprint density at radius 2 is 1.67 bits per heavy atom. The van der Waals surface area contributed by atoms with Gasteiger partial charge in [0.2, 0.25) is 0 Å². The van der Waals surface area contributed by atoms with Crippen molar-refractivity contribution in [2.75, 3.05) is 37.4 Å². The lowest BCUT2D eigenvalue weighted by Crippen LogP contribution is -3.11. The Morgan fingerprint density at radius 3 is 2.33 bits per heavy atom. The van der Waals surface area contributed by atoms with Gasteiger partial charge < -0.3 is 15.1 Å². The van der Waals surface area contributed by atoms with Gasteiger partial charge in [-0.1, -0.05) is 42.5 Å². The van der Waals surface area contributed by atoms with Crippen molar-refractivity contribution in [3.8, 4) is 0 Å². The minimum absolute atomic E-state index is 0.0482. The average molecular weight is 362 g/mol. The number of hydrogen-bond donors (Lipinski definition) is 2. The normalized spacial score (nSPS) is 12.0. The summed E-state index contributed by atoms with van der Waals surface area (Å²) in [6, 6.07) is 22.7. The summed E-state index contributed by atoms with van der Waals surface area (Å²) < 4.78 is 0. The van der Waals surface area contributed by atoms with Crippen molar-refractivity contribution >= 4 is 28.1 Å². The molecule has 3 aromatic carbocycles. The van der Waals surface area contributed by atoms with Crippen LogP contribution in [0.25, 0.3) is 10.8 Å². The third-order valence-corrected chi connectivity index (χ3v) is 4.85. The van der Waals surface area contributed by atoms with Crippen molar-refractivity contribution in [2.45, 2.75) is 13.5 Å². The lowest BCUT2D eigenvalue weighted by molar-refractivity contribution is -0.903. The van der Waals surface area contributed by atoms with Crippen LogP contribution in [0.3, 0.4) is 0 Å². The van der Waals surface area contributed by atoms with Crippen molar-refractivity contribution in [3.63, 3.8) is 0 Å². The van der Waals surface area contributed by atoms with Gasteiger partial charge in [0.05, 0.1) is 6.54 Å². The number of carbonyl (C=O) groups excluding carboxylic acids is 1. The van der Waals surface area contributed by atoms with Crippen LogP contribution in [0.2, 0.25) is 0 Å². The smallest absolute Gasteiger partial charge is 0.279 e. The number of rotatable bonds is 7. The van der Waals surface area contributed by atoms with Crippen molar-refractivity contribution in [1.82, 2.24) is 0 Å². The van der Waals surface area contributed by atoms with Crippen LogP contribution in [-0.2, 0) is 11.3 Å². The molecule has 0 saturated heterocycles. The molecule has 140 valence electrons. The van der Waals surface area contributed by atoms with E-state index in [9.17, 15) is 4.79 Å². The average Bonchev–Trinajstić information content (AvgIpc) is 2.67. The molecule has 0 heterocycles. The summed E-state index contributed by atoms with van der Waals surface area (Å²) in [5, 5.41) is 5.36. The van der Waals surface area contributed by atoms with E-state index < -0.39 is 0 Å². The zero-order valence-corrected chi connectivity index (χ0v) is 16.3. The Bertz CT molecular complexity index is 903.